The van der Waals surface area contributed by atoms with Crippen LogP contribution in [-0.2, 0) is 6.42 Å². The first-order valence-corrected chi connectivity index (χ1v) is 7.36. The number of aryl methyl sites for hydroxylation is 1. The summed E-state index contributed by atoms with van der Waals surface area (Å²) in [5.74, 6) is -0.175. The molecule has 0 aliphatic rings. The minimum atomic E-state index is -0.548. The standard InChI is InChI=1S/C13H17FN4OS/c1-3-5-15-13-16-7-10(14)12(18-13)19-6-4-11-9(2)17-8-20-11/h7-8H,3-6H2,1-2H3,(H,15,16,18). The summed E-state index contributed by atoms with van der Waals surface area (Å²) in [6.07, 6.45) is 2.76. The Hall–Kier alpha value is -1.76. The third-order valence-corrected chi connectivity index (χ3v) is 3.65. The molecule has 0 aromatic carbocycles. The van der Waals surface area contributed by atoms with Crippen molar-refractivity contribution in [3.63, 3.8) is 0 Å². The highest BCUT2D eigenvalue weighted by Crippen LogP contribution is 2.17. The number of nitrogens with zero attached hydrogens (tertiary/aromatic N) is 3. The van der Waals surface area contributed by atoms with E-state index in [4.69, 9.17) is 4.74 Å². The highest BCUT2D eigenvalue weighted by Gasteiger charge is 2.09. The van der Waals surface area contributed by atoms with E-state index in [1.54, 1.807) is 16.8 Å². The van der Waals surface area contributed by atoms with E-state index in [1.165, 1.54) is 0 Å². The average Bonchev–Trinajstić information content (AvgIpc) is 2.85. The van der Waals surface area contributed by atoms with Crippen LogP contribution >= 0.6 is 11.3 Å². The minimum Gasteiger partial charge on any atom is -0.475 e. The smallest absolute Gasteiger partial charge is 0.255 e. The van der Waals surface area contributed by atoms with E-state index in [2.05, 4.69) is 20.3 Å². The lowest BCUT2D eigenvalue weighted by Gasteiger charge is -2.08. The van der Waals surface area contributed by atoms with Gasteiger partial charge in [0.15, 0.2) is 0 Å². The van der Waals surface area contributed by atoms with Crippen LogP contribution in [0.15, 0.2) is 11.7 Å². The van der Waals surface area contributed by atoms with Crippen molar-refractivity contribution in [1.29, 1.82) is 0 Å². The van der Waals surface area contributed by atoms with Gasteiger partial charge in [0.1, 0.15) is 0 Å². The van der Waals surface area contributed by atoms with Gasteiger partial charge in [-0.3, -0.25) is 0 Å². The average molecular weight is 296 g/mol. The molecule has 2 aromatic rings. The number of ether oxygens (including phenoxy) is 1. The molecule has 0 atom stereocenters. The first kappa shape index (κ1) is 14.6. The summed E-state index contributed by atoms with van der Waals surface area (Å²) in [5.41, 5.74) is 2.79. The highest BCUT2D eigenvalue weighted by atomic mass is 32.1. The second-order valence-electron chi connectivity index (χ2n) is 4.23. The molecule has 2 heterocycles. The second kappa shape index (κ2) is 7.14. The number of thiazole rings is 1. The Bertz CT molecular complexity index is 561. The van der Waals surface area contributed by atoms with Crippen LogP contribution in [0.5, 0.6) is 5.88 Å². The molecule has 2 aromatic heterocycles. The fourth-order valence-corrected chi connectivity index (χ4v) is 2.34. The van der Waals surface area contributed by atoms with Crippen LogP contribution < -0.4 is 10.1 Å². The molecule has 0 fully saturated rings. The van der Waals surface area contributed by atoms with Gasteiger partial charge in [-0.1, -0.05) is 6.92 Å². The second-order valence-corrected chi connectivity index (χ2v) is 5.17. The van der Waals surface area contributed by atoms with Gasteiger partial charge in [-0.2, -0.15) is 9.37 Å². The quantitative estimate of drug-likeness (QED) is 0.851. The summed E-state index contributed by atoms with van der Waals surface area (Å²) >= 11 is 1.57. The Balaban J connectivity index is 1.92. The molecule has 0 amide bonds. The van der Waals surface area contributed by atoms with E-state index in [0.29, 0.717) is 19.0 Å². The topological polar surface area (TPSA) is 59.9 Å². The molecule has 0 unspecified atom stereocenters. The van der Waals surface area contributed by atoms with Crippen molar-refractivity contribution < 1.29 is 9.13 Å². The van der Waals surface area contributed by atoms with Crippen LogP contribution in [0.1, 0.15) is 23.9 Å². The number of hydrogen-bond acceptors (Lipinski definition) is 6. The van der Waals surface area contributed by atoms with Crippen molar-refractivity contribution in [2.24, 2.45) is 0 Å². The number of anilines is 1. The minimum absolute atomic E-state index is 0.0132. The fourth-order valence-electron chi connectivity index (χ4n) is 1.58. The van der Waals surface area contributed by atoms with Gasteiger partial charge in [0.25, 0.3) is 5.88 Å². The number of hydrogen-bond donors (Lipinski definition) is 1. The summed E-state index contributed by atoms with van der Waals surface area (Å²) in [6, 6.07) is 0. The molecule has 0 radical (unpaired) electrons. The predicted octanol–water partition coefficient (Wildman–Crippen LogP) is 2.82. The molecule has 0 aliphatic heterocycles. The third kappa shape index (κ3) is 3.86. The van der Waals surface area contributed by atoms with Crippen molar-refractivity contribution in [3.05, 3.63) is 28.1 Å². The van der Waals surface area contributed by atoms with E-state index in [0.717, 1.165) is 29.7 Å². The Morgan fingerprint density at radius 1 is 1.40 bits per heavy atom. The number of aromatic nitrogens is 3. The first-order chi connectivity index (χ1) is 9.70. The SMILES string of the molecule is CCCNc1ncc(F)c(OCCc2scnc2C)n1. The number of rotatable bonds is 7. The molecular formula is C13H17FN4OS. The Morgan fingerprint density at radius 3 is 2.95 bits per heavy atom. The largest absolute Gasteiger partial charge is 0.475 e. The molecule has 0 saturated heterocycles. The molecule has 5 nitrogen and oxygen atoms in total. The van der Waals surface area contributed by atoms with Gasteiger partial charge in [-0.05, 0) is 13.3 Å². The first-order valence-electron chi connectivity index (χ1n) is 6.49. The summed E-state index contributed by atoms with van der Waals surface area (Å²) < 4.78 is 18.9. The molecule has 0 aliphatic carbocycles. The van der Waals surface area contributed by atoms with E-state index in [1.807, 2.05) is 13.8 Å². The van der Waals surface area contributed by atoms with E-state index in [-0.39, 0.29) is 5.88 Å². The lowest BCUT2D eigenvalue weighted by atomic mass is 10.3. The van der Waals surface area contributed by atoms with Crippen molar-refractivity contribution in [3.8, 4) is 5.88 Å². The summed E-state index contributed by atoms with van der Waals surface area (Å²) in [7, 11) is 0. The van der Waals surface area contributed by atoms with E-state index >= 15 is 0 Å². The van der Waals surface area contributed by atoms with Crippen molar-refractivity contribution in [1.82, 2.24) is 15.0 Å². The summed E-state index contributed by atoms with van der Waals surface area (Å²) in [6.45, 7) is 5.09. The maximum absolute atomic E-state index is 13.5. The van der Waals surface area contributed by atoms with Gasteiger partial charge >= 0.3 is 0 Å². The van der Waals surface area contributed by atoms with Gasteiger partial charge in [-0.25, -0.2) is 9.97 Å². The maximum Gasteiger partial charge on any atom is 0.255 e. The number of nitrogens with one attached hydrogen (secondary N) is 1. The zero-order chi connectivity index (χ0) is 14.4. The van der Waals surface area contributed by atoms with E-state index in [9.17, 15) is 4.39 Å². The molecule has 108 valence electrons. The zero-order valence-electron chi connectivity index (χ0n) is 11.5. The van der Waals surface area contributed by atoms with Gasteiger partial charge in [0.05, 0.1) is 24.0 Å². The van der Waals surface area contributed by atoms with Gasteiger partial charge < -0.3 is 10.1 Å². The molecule has 2 rings (SSSR count). The fraction of sp³-hybridized carbons (Fsp3) is 0.462. The van der Waals surface area contributed by atoms with Gasteiger partial charge in [0.2, 0.25) is 11.8 Å². The van der Waals surface area contributed by atoms with Crippen LogP contribution in [-0.4, -0.2) is 28.1 Å². The molecular weight excluding hydrogens is 279 g/mol. The van der Waals surface area contributed by atoms with Gasteiger partial charge in [-0.15, -0.1) is 11.3 Å². The van der Waals surface area contributed by atoms with Crippen LogP contribution in [0.25, 0.3) is 0 Å². The Kier molecular flexibility index (Phi) is 5.23. The van der Waals surface area contributed by atoms with Crippen LogP contribution in [0.3, 0.4) is 0 Å². The lowest BCUT2D eigenvalue weighted by molar-refractivity contribution is 0.292. The molecule has 7 heteroatoms. The zero-order valence-corrected chi connectivity index (χ0v) is 12.3. The molecule has 20 heavy (non-hydrogen) atoms. The third-order valence-electron chi connectivity index (χ3n) is 2.66. The highest BCUT2D eigenvalue weighted by molar-refractivity contribution is 7.09. The van der Waals surface area contributed by atoms with Gasteiger partial charge in [0, 0.05) is 17.8 Å². The monoisotopic (exact) mass is 296 g/mol. The van der Waals surface area contributed by atoms with Crippen LogP contribution in [0.2, 0.25) is 0 Å². The molecule has 1 N–H and O–H groups in total. The summed E-state index contributed by atoms with van der Waals surface area (Å²) in [4.78, 5) is 13.2. The van der Waals surface area contributed by atoms with Crippen molar-refractivity contribution in [2.75, 3.05) is 18.5 Å². The van der Waals surface area contributed by atoms with Crippen LogP contribution in [0.4, 0.5) is 10.3 Å². The molecule has 0 bridgehead atoms. The summed E-state index contributed by atoms with van der Waals surface area (Å²) in [5, 5.41) is 3.00. The molecule has 0 spiro atoms. The molecule has 0 saturated carbocycles. The lowest BCUT2D eigenvalue weighted by Crippen LogP contribution is -2.09. The van der Waals surface area contributed by atoms with Crippen LogP contribution in [0, 0.1) is 12.7 Å². The number of halogens is 1. The Labute approximate surface area is 121 Å². The Morgan fingerprint density at radius 2 is 2.25 bits per heavy atom. The van der Waals surface area contributed by atoms with Crippen molar-refractivity contribution in [2.45, 2.75) is 26.7 Å². The maximum atomic E-state index is 13.5. The predicted molar refractivity (Wildman–Crippen MR) is 76.8 cm³/mol. The van der Waals surface area contributed by atoms with Crippen molar-refractivity contribution >= 4 is 17.3 Å². The van der Waals surface area contributed by atoms with E-state index < -0.39 is 5.82 Å². The normalized spacial score (nSPS) is 10.6.